The second-order valence-electron chi connectivity index (χ2n) is 4.19. The summed E-state index contributed by atoms with van der Waals surface area (Å²) in [5.41, 5.74) is 2.45. The highest BCUT2D eigenvalue weighted by atomic mass is 16.5. The van der Waals surface area contributed by atoms with Crippen LogP contribution in [0.25, 0.3) is 22.4 Å². The number of nitrogens with one attached hydrogen (secondary N) is 1. The number of fused-ring (bicyclic) bond motifs is 1. The number of benzene rings is 1. The number of imidazole rings is 1. The quantitative estimate of drug-likeness (QED) is 0.757. The maximum Gasteiger partial charge on any atom is 0.341 e. The van der Waals surface area contributed by atoms with Crippen LogP contribution in [0.15, 0.2) is 42.7 Å². The number of aromatic nitrogens is 3. The third-order valence-corrected chi connectivity index (χ3v) is 2.75. The molecular formula is C14H11N3O3. The van der Waals surface area contributed by atoms with Crippen LogP contribution in [0.5, 0.6) is 5.75 Å². The van der Waals surface area contributed by atoms with Gasteiger partial charge in [-0.1, -0.05) is 0 Å². The van der Waals surface area contributed by atoms with Crippen molar-refractivity contribution in [2.75, 3.05) is 6.61 Å². The summed E-state index contributed by atoms with van der Waals surface area (Å²) in [5.74, 6) is 0.190. The van der Waals surface area contributed by atoms with Crippen molar-refractivity contribution in [3.05, 3.63) is 42.7 Å². The Labute approximate surface area is 114 Å². The lowest BCUT2D eigenvalue weighted by Crippen LogP contribution is -2.09. The number of carboxylic acid groups (broad SMARTS) is 1. The number of carbonyl (C=O) groups is 1. The highest BCUT2D eigenvalue weighted by Gasteiger charge is 2.07. The summed E-state index contributed by atoms with van der Waals surface area (Å²) >= 11 is 0. The van der Waals surface area contributed by atoms with E-state index >= 15 is 0 Å². The molecule has 0 saturated carbocycles. The summed E-state index contributed by atoms with van der Waals surface area (Å²) < 4.78 is 5.13. The maximum absolute atomic E-state index is 10.5. The number of hydrogen-bond donors (Lipinski definition) is 2. The Balaban J connectivity index is 1.93. The topological polar surface area (TPSA) is 88.1 Å². The summed E-state index contributed by atoms with van der Waals surface area (Å²) in [4.78, 5) is 22.1. The van der Waals surface area contributed by atoms with Crippen LogP contribution in [-0.4, -0.2) is 32.6 Å². The first-order chi connectivity index (χ1) is 9.72. The van der Waals surface area contributed by atoms with E-state index in [0.29, 0.717) is 11.6 Å². The van der Waals surface area contributed by atoms with Gasteiger partial charge in [0.2, 0.25) is 0 Å². The van der Waals surface area contributed by atoms with E-state index in [1.165, 1.54) is 0 Å². The first kappa shape index (κ1) is 12.2. The van der Waals surface area contributed by atoms with Gasteiger partial charge in [-0.05, 0) is 24.3 Å². The first-order valence-corrected chi connectivity index (χ1v) is 5.97. The minimum absolute atomic E-state index is 0.366. The lowest BCUT2D eigenvalue weighted by Gasteiger charge is -2.01. The van der Waals surface area contributed by atoms with E-state index in [1.54, 1.807) is 30.6 Å². The molecule has 20 heavy (non-hydrogen) atoms. The molecule has 0 amide bonds. The van der Waals surface area contributed by atoms with Gasteiger partial charge in [0, 0.05) is 24.0 Å². The Morgan fingerprint density at radius 1 is 1.35 bits per heavy atom. The molecule has 0 aliphatic rings. The summed E-state index contributed by atoms with van der Waals surface area (Å²) in [6, 6.07) is 8.95. The van der Waals surface area contributed by atoms with Gasteiger partial charge in [-0.3, -0.25) is 4.98 Å². The number of hydrogen-bond acceptors (Lipinski definition) is 4. The fourth-order valence-electron chi connectivity index (χ4n) is 1.86. The molecule has 0 radical (unpaired) electrons. The predicted octanol–water partition coefficient (Wildman–Crippen LogP) is 2.09. The van der Waals surface area contributed by atoms with Crippen molar-refractivity contribution in [2.24, 2.45) is 0 Å². The largest absolute Gasteiger partial charge is 0.482 e. The number of rotatable bonds is 4. The molecule has 6 nitrogen and oxygen atoms in total. The van der Waals surface area contributed by atoms with E-state index in [2.05, 4.69) is 15.0 Å². The third-order valence-electron chi connectivity index (χ3n) is 2.75. The summed E-state index contributed by atoms with van der Waals surface area (Å²) in [5, 5.41) is 8.59. The molecule has 0 fully saturated rings. The SMILES string of the molecule is O=C(O)COc1ccc2nc(-c3cccnc3)[nH]c2c1. The smallest absolute Gasteiger partial charge is 0.341 e. The Bertz CT molecular complexity index is 753. The Morgan fingerprint density at radius 2 is 2.25 bits per heavy atom. The lowest BCUT2D eigenvalue weighted by molar-refractivity contribution is -0.139. The predicted molar refractivity (Wildman–Crippen MR) is 72.5 cm³/mol. The van der Waals surface area contributed by atoms with Gasteiger partial charge >= 0.3 is 5.97 Å². The van der Waals surface area contributed by atoms with Crippen molar-refractivity contribution in [1.29, 1.82) is 0 Å². The third kappa shape index (κ3) is 2.44. The zero-order valence-electron chi connectivity index (χ0n) is 10.4. The molecule has 0 atom stereocenters. The molecule has 0 aliphatic carbocycles. The number of pyridine rings is 1. The van der Waals surface area contributed by atoms with Crippen LogP contribution < -0.4 is 4.74 Å². The summed E-state index contributed by atoms with van der Waals surface area (Å²) in [6.45, 7) is -0.366. The average Bonchev–Trinajstić information content (AvgIpc) is 2.89. The number of aliphatic carboxylic acids is 1. The van der Waals surface area contributed by atoms with Crippen molar-refractivity contribution >= 4 is 17.0 Å². The van der Waals surface area contributed by atoms with Gasteiger partial charge in [-0.25, -0.2) is 9.78 Å². The highest BCUT2D eigenvalue weighted by Crippen LogP contribution is 2.23. The van der Waals surface area contributed by atoms with E-state index in [-0.39, 0.29) is 6.61 Å². The molecule has 0 unspecified atom stereocenters. The lowest BCUT2D eigenvalue weighted by atomic mass is 10.3. The fourth-order valence-corrected chi connectivity index (χ4v) is 1.86. The number of aromatic amines is 1. The number of carboxylic acids is 1. The maximum atomic E-state index is 10.5. The van der Waals surface area contributed by atoms with Crippen LogP contribution in [0.1, 0.15) is 0 Å². The molecule has 2 heterocycles. The van der Waals surface area contributed by atoms with E-state index in [1.807, 2.05) is 12.1 Å². The van der Waals surface area contributed by atoms with Gasteiger partial charge < -0.3 is 14.8 Å². The van der Waals surface area contributed by atoms with Crippen LogP contribution in [0.2, 0.25) is 0 Å². The standard InChI is InChI=1S/C14H11N3O3/c18-13(19)8-20-10-3-4-11-12(6-10)17-14(16-11)9-2-1-5-15-7-9/h1-7H,8H2,(H,16,17)(H,18,19). The van der Waals surface area contributed by atoms with E-state index in [9.17, 15) is 4.79 Å². The number of H-pyrrole nitrogens is 1. The monoisotopic (exact) mass is 269 g/mol. The molecule has 1 aromatic carbocycles. The zero-order chi connectivity index (χ0) is 13.9. The zero-order valence-corrected chi connectivity index (χ0v) is 10.4. The van der Waals surface area contributed by atoms with E-state index in [4.69, 9.17) is 9.84 Å². The minimum Gasteiger partial charge on any atom is -0.482 e. The number of nitrogens with zero attached hydrogens (tertiary/aromatic N) is 2. The minimum atomic E-state index is -1.01. The van der Waals surface area contributed by atoms with Gasteiger partial charge in [-0.2, -0.15) is 0 Å². The molecule has 3 aromatic rings. The van der Waals surface area contributed by atoms with Crippen molar-refractivity contribution in [2.45, 2.75) is 0 Å². The Kier molecular flexibility index (Phi) is 3.04. The molecule has 0 spiro atoms. The molecule has 0 bridgehead atoms. The summed E-state index contributed by atoms with van der Waals surface area (Å²) in [6.07, 6.45) is 3.42. The van der Waals surface area contributed by atoms with Crippen LogP contribution >= 0.6 is 0 Å². The van der Waals surface area contributed by atoms with Gasteiger partial charge in [0.25, 0.3) is 0 Å². The highest BCUT2D eigenvalue weighted by molar-refractivity contribution is 5.80. The second kappa shape index (κ2) is 5.00. The van der Waals surface area contributed by atoms with Crippen LogP contribution in [0.4, 0.5) is 0 Å². The van der Waals surface area contributed by atoms with Crippen LogP contribution in [-0.2, 0) is 4.79 Å². The number of ether oxygens (including phenoxy) is 1. The van der Waals surface area contributed by atoms with Crippen LogP contribution in [0.3, 0.4) is 0 Å². The molecular weight excluding hydrogens is 258 g/mol. The Morgan fingerprint density at radius 3 is 3.00 bits per heavy atom. The van der Waals surface area contributed by atoms with E-state index < -0.39 is 5.97 Å². The molecule has 2 N–H and O–H groups in total. The van der Waals surface area contributed by atoms with Crippen molar-refractivity contribution in [3.63, 3.8) is 0 Å². The normalized spacial score (nSPS) is 10.6. The van der Waals surface area contributed by atoms with Gasteiger partial charge in [0.05, 0.1) is 11.0 Å². The van der Waals surface area contributed by atoms with Gasteiger partial charge in [-0.15, -0.1) is 0 Å². The Hall–Kier alpha value is -2.89. The van der Waals surface area contributed by atoms with Crippen LogP contribution in [0, 0.1) is 0 Å². The first-order valence-electron chi connectivity index (χ1n) is 5.97. The average molecular weight is 269 g/mol. The second-order valence-corrected chi connectivity index (χ2v) is 4.19. The van der Waals surface area contributed by atoms with E-state index in [0.717, 1.165) is 16.6 Å². The van der Waals surface area contributed by atoms with Crippen molar-refractivity contribution in [1.82, 2.24) is 15.0 Å². The van der Waals surface area contributed by atoms with Crippen molar-refractivity contribution < 1.29 is 14.6 Å². The van der Waals surface area contributed by atoms with Crippen molar-refractivity contribution in [3.8, 4) is 17.1 Å². The van der Waals surface area contributed by atoms with Gasteiger partial charge in [0.15, 0.2) is 6.61 Å². The molecule has 0 aliphatic heterocycles. The van der Waals surface area contributed by atoms with Gasteiger partial charge in [0.1, 0.15) is 11.6 Å². The molecule has 100 valence electrons. The molecule has 2 aromatic heterocycles. The fraction of sp³-hybridized carbons (Fsp3) is 0.0714. The summed E-state index contributed by atoms with van der Waals surface area (Å²) in [7, 11) is 0. The molecule has 0 saturated heterocycles. The molecule has 6 heteroatoms. The molecule has 3 rings (SSSR count).